The van der Waals surface area contributed by atoms with Gasteiger partial charge in [0, 0.05) is 48.5 Å². The lowest BCUT2D eigenvalue weighted by Crippen LogP contribution is -2.49. The molecule has 2 N–H and O–H groups in total. The average molecular weight is 317 g/mol. The second kappa shape index (κ2) is 8.35. The molecule has 0 aromatic heterocycles. The molecule has 0 aromatic carbocycles. The Hall–Kier alpha value is -1.12. The van der Waals surface area contributed by atoms with E-state index in [-0.39, 0.29) is 6.04 Å². The van der Waals surface area contributed by atoms with Crippen molar-refractivity contribution in [2.75, 3.05) is 45.9 Å². The minimum atomic E-state index is -2.24. The zero-order chi connectivity index (χ0) is 15.9. The van der Waals surface area contributed by atoms with Crippen molar-refractivity contribution < 1.29 is 8.95 Å². The molecule has 1 heterocycles. The van der Waals surface area contributed by atoms with Gasteiger partial charge in [-0.25, -0.2) is 9.63 Å². The first kappa shape index (κ1) is 17.9. The first-order valence-electron chi connectivity index (χ1n) is 7.06. The Labute approximate surface area is 128 Å². The van der Waals surface area contributed by atoms with Crippen LogP contribution in [-0.4, -0.2) is 66.8 Å². The molecule has 122 valence electrons. The predicted molar refractivity (Wildman–Crippen MR) is 87.7 cm³/mol. The van der Waals surface area contributed by atoms with Crippen molar-refractivity contribution in [3.8, 4) is 0 Å². The molecule has 1 aliphatic rings. The molecule has 1 aliphatic heterocycles. The van der Waals surface area contributed by atoms with Crippen LogP contribution in [0.25, 0.3) is 0 Å². The van der Waals surface area contributed by atoms with Crippen molar-refractivity contribution in [1.29, 1.82) is 0 Å². The summed E-state index contributed by atoms with van der Waals surface area (Å²) in [5.41, 5.74) is 6.26. The van der Waals surface area contributed by atoms with Gasteiger partial charge in [-0.3, -0.25) is 4.99 Å². The summed E-state index contributed by atoms with van der Waals surface area (Å²) in [7, 11) is -0.591. The molecule has 0 bridgehead atoms. The summed E-state index contributed by atoms with van der Waals surface area (Å²) < 4.78 is 21.5. The highest BCUT2D eigenvalue weighted by atomic mass is 32.2. The number of ether oxygens (including phenoxy) is 1. The van der Waals surface area contributed by atoms with Crippen LogP contribution in [0.4, 0.5) is 0 Å². The summed E-state index contributed by atoms with van der Waals surface area (Å²) in [6, 6.07) is 0.252. The Morgan fingerprint density at radius 1 is 1.52 bits per heavy atom. The third-order valence-corrected chi connectivity index (χ3v) is 3.51. The van der Waals surface area contributed by atoms with Crippen molar-refractivity contribution in [2.45, 2.75) is 19.9 Å². The van der Waals surface area contributed by atoms with E-state index < -0.39 is 9.73 Å². The van der Waals surface area contributed by atoms with Gasteiger partial charge in [-0.15, -0.1) is 0 Å². The molecule has 0 saturated carbocycles. The molecule has 1 atom stereocenters. The minimum absolute atomic E-state index is 0.252. The van der Waals surface area contributed by atoms with Gasteiger partial charge in [0.1, 0.15) is 5.82 Å². The van der Waals surface area contributed by atoms with E-state index in [1.165, 1.54) is 0 Å². The van der Waals surface area contributed by atoms with Gasteiger partial charge in [0.25, 0.3) is 0 Å². The second-order valence-electron chi connectivity index (χ2n) is 5.16. The van der Waals surface area contributed by atoms with Crippen LogP contribution in [-0.2, 0) is 14.5 Å². The molecular formula is C13H27N5O2S. The van der Waals surface area contributed by atoms with Gasteiger partial charge in [0.05, 0.1) is 19.3 Å². The van der Waals surface area contributed by atoms with Gasteiger partial charge in [-0.2, -0.15) is 4.36 Å². The van der Waals surface area contributed by atoms with Gasteiger partial charge in [-0.1, -0.05) is 6.92 Å². The molecule has 0 aromatic rings. The summed E-state index contributed by atoms with van der Waals surface area (Å²) in [5, 5.41) is 0. The number of nitrogens with one attached hydrogen (secondary N) is 2. The van der Waals surface area contributed by atoms with E-state index in [9.17, 15) is 4.21 Å². The van der Waals surface area contributed by atoms with E-state index in [0.29, 0.717) is 19.0 Å². The van der Waals surface area contributed by atoms with Gasteiger partial charge in [0.15, 0.2) is 5.84 Å². The normalized spacial score (nSPS) is 21.4. The summed E-state index contributed by atoms with van der Waals surface area (Å²) in [4.78, 5) is 6.30. The Bertz CT molecular complexity index is 501. The lowest BCUT2D eigenvalue weighted by Gasteiger charge is -2.37. The molecule has 1 saturated heterocycles. The van der Waals surface area contributed by atoms with Gasteiger partial charge in [0.2, 0.25) is 0 Å². The Balaban J connectivity index is 3.05. The number of hydrogen-bond donors (Lipinski definition) is 2. The fourth-order valence-electron chi connectivity index (χ4n) is 1.93. The van der Waals surface area contributed by atoms with E-state index in [0.717, 1.165) is 18.9 Å². The highest BCUT2D eigenvalue weighted by Crippen LogP contribution is 2.12. The van der Waals surface area contributed by atoms with Crippen LogP contribution in [0, 0.1) is 0 Å². The van der Waals surface area contributed by atoms with Crippen LogP contribution in [0.3, 0.4) is 0 Å². The van der Waals surface area contributed by atoms with Crippen LogP contribution in [0.5, 0.6) is 0 Å². The van der Waals surface area contributed by atoms with E-state index in [1.807, 2.05) is 13.0 Å². The maximum atomic E-state index is 11.8. The first-order chi connectivity index (χ1) is 9.87. The third-order valence-electron chi connectivity index (χ3n) is 2.88. The quantitative estimate of drug-likeness (QED) is 0.436. The van der Waals surface area contributed by atoms with Crippen LogP contribution in [0.2, 0.25) is 0 Å². The smallest absolute Gasteiger partial charge is 0.160 e. The number of rotatable bonds is 5. The molecule has 1 fully saturated rings. The summed E-state index contributed by atoms with van der Waals surface area (Å²) in [6.07, 6.45) is 5.01. The number of aliphatic imine (C=N–C) groups is 1. The lowest BCUT2D eigenvalue weighted by molar-refractivity contribution is 0.0125. The number of hydrogen-bond acceptors (Lipinski definition) is 6. The number of hydrazine groups is 1. The van der Waals surface area contributed by atoms with Crippen molar-refractivity contribution in [2.24, 2.45) is 9.36 Å². The zero-order valence-corrected chi connectivity index (χ0v) is 14.4. The van der Waals surface area contributed by atoms with Crippen LogP contribution < -0.4 is 10.9 Å². The third kappa shape index (κ3) is 6.45. The van der Waals surface area contributed by atoms with Crippen molar-refractivity contribution in [3.63, 3.8) is 0 Å². The van der Waals surface area contributed by atoms with E-state index in [1.54, 1.807) is 19.6 Å². The Kier molecular flexibility index (Phi) is 7.13. The Morgan fingerprint density at radius 3 is 2.76 bits per heavy atom. The molecule has 0 spiro atoms. The molecular weight excluding hydrogens is 290 g/mol. The number of nitrogens with zero attached hydrogens (tertiary/aromatic N) is 3. The van der Waals surface area contributed by atoms with Crippen molar-refractivity contribution >= 4 is 15.6 Å². The summed E-state index contributed by atoms with van der Waals surface area (Å²) in [6.45, 7) is 7.05. The topological polar surface area (TPSA) is 78.3 Å². The fourth-order valence-corrected chi connectivity index (χ4v) is 2.52. The number of morpholine rings is 1. The van der Waals surface area contributed by atoms with Crippen LogP contribution in [0.1, 0.15) is 13.8 Å². The molecule has 0 radical (unpaired) electrons. The molecule has 0 aliphatic carbocycles. The zero-order valence-electron chi connectivity index (χ0n) is 13.5. The Morgan fingerprint density at radius 2 is 2.24 bits per heavy atom. The maximum Gasteiger partial charge on any atom is 0.160 e. The summed E-state index contributed by atoms with van der Waals surface area (Å²) in [5.74, 6) is 1.32. The molecule has 0 amide bonds. The van der Waals surface area contributed by atoms with Gasteiger partial charge in [-0.05, 0) is 6.92 Å². The first-order valence-corrected chi connectivity index (χ1v) is 9.39. The van der Waals surface area contributed by atoms with E-state index in [4.69, 9.17) is 4.74 Å². The fraction of sp³-hybridized carbons (Fsp3) is 0.769. The largest absolute Gasteiger partial charge is 0.377 e. The highest BCUT2D eigenvalue weighted by Gasteiger charge is 2.21. The van der Waals surface area contributed by atoms with E-state index >= 15 is 0 Å². The molecule has 0 unspecified atom stereocenters. The number of amidine groups is 1. The highest BCUT2D eigenvalue weighted by molar-refractivity contribution is 7.92. The van der Waals surface area contributed by atoms with Crippen LogP contribution in [0.15, 0.2) is 21.3 Å². The van der Waals surface area contributed by atoms with Gasteiger partial charge < -0.3 is 15.1 Å². The van der Waals surface area contributed by atoms with Gasteiger partial charge >= 0.3 is 0 Å². The average Bonchev–Trinajstić information content (AvgIpc) is 2.41. The van der Waals surface area contributed by atoms with Crippen molar-refractivity contribution in [1.82, 2.24) is 15.8 Å². The second-order valence-corrected chi connectivity index (χ2v) is 7.70. The van der Waals surface area contributed by atoms with E-state index in [2.05, 4.69) is 32.0 Å². The predicted octanol–water partition coefficient (Wildman–Crippen LogP) is 0.419. The monoisotopic (exact) mass is 317 g/mol. The standard InChI is InChI=1S/C13H27N5O2S/c1-6-15-16-13(18-7-8-20-10-11(18)2)9-12(14-3)17-21(4,5)19/h9,11,15-16H,6-8,10H2,1-5H3/t11-/m1/s1. The molecule has 1 rings (SSSR count). The lowest BCUT2D eigenvalue weighted by atomic mass is 10.2. The minimum Gasteiger partial charge on any atom is -0.377 e. The summed E-state index contributed by atoms with van der Waals surface area (Å²) >= 11 is 0. The van der Waals surface area contributed by atoms with Crippen LogP contribution >= 0.6 is 0 Å². The van der Waals surface area contributed by atoms with Crippen molar-refractivity contribution in [3.05, 3.63) is 11.9 Å². The molecule has 7 nitrogen and oxygen atoms in total. The molecule has 8 heteroatoms. The maximum absolute atomic E-state index is 11.8. The molecule has 21 heavy (non-hydrogen) atoms. The SMILES string of the molecule is CCNNC(=CC(=NC)N=S(C)(C)=O)N1CCOC[C@H]1C.